The Bertz CT molecular complexity index is 569. The van der Waals surface area contributed by atoms with Crippen LogP contribution in [0, 0.1) is 0 Å². The van der Waals surface area contributed by atoms with E-state index in [-0.39, 0.29) is 15.8 Å². The van der Waals surface area contributed by atoms with Crippen LogP contribution in [0.4, 0.5) is 0 Å². The number of rotatable bonds is 52. The summed E-state index contributed by atoms with van der Waals surface area (Å²) in [5, 5.41) is 0. The van der Waals surface area contributed by atoms with Gasteiger partial charge in [-0.1, -0.05) is 285 Å². The average Bonchev–Trinajstić information content (AvgIpc) is 3.22. The van der Waals surface area contributed by atoms with Crippen molar-refractivity contribution in [1.82, 2.24) is 0 Å². The SMILES string of the molecule is CCCCCCCCCCCCCP(CCCCCCCCCCCCC)CCCP(CCCCCCCCCCCCC)CCCCCCCCCCCCC. The first kappa shape index (κ1) is 57.9. The highest BCUT2D eigenvalue weighted by Crippen LogP contribution is 2.44. The second-order valence-corrected chi connectivity index (χ2v) is 24.5. The third kappa shape index (κ3) is 49.4. The maximum atomic E-state index is 2.34. The van der Waals surface area contributed by atoms with Crippen LogP contribution >= 0.6 is 15.8 Å². The smallest absolute Gasteiger partial charge is 0.0323 e. The lowest BCUT2D eigenvalue weighted by atomic mass is 10.1. The molecule has 0 radical (unpaired) electrons. The summed E-state index contributed by atoms with van der Waals surface area (Å²) in [5.41, 5.74) is 0. The molecule has 0 aromatic carbocycles. The highest BCUT2D eigenvalue weighted by molar-refractivity contribution is 7.58. The van der Waals surface area contributed by atoms with Crippen molar-refractivity contribution in [3.63, 3.8) is 0 Å². The molecule has 0 aromatic rings. The predicted molar refractivity (Wildman–Crippen MR) is 274 cm³/mol. The molecule has 57 heavy (non-hydrogen) atoms. The number of hydrogen-bond acceptors (Lipinski definition) is 0. The Kier molecular flexibility index (Phi) is 53.8. The molecule has 0 aromatic heterocycles. The summed E-state index contributed by atoms with van der Waals surface area (Å²) in [6.45, 7) is 9.34. The van der Waals surface area contributed by atoms with E-state index in [1.165, 1.54) is 257 Å². The number of unbranched alkanes of at least 4 members (excludes halogenated alkanes) is 40. The fourth-order valence-electron chi connectivity index (χ4n) is 9.19. The summed E-state index contributed by atoms with van der Waals surface area (Å²) in [6.07, 6.45) is 76.7. The van der Waals surface area contributed by atoms with Gasteiger partial charge in [0.05, 0.1) is 0 Å². The third-order valence-corrected chi connectivity index (χ3v) is 19.0. The Balaban J connectivity index is 4.67. The lowest BCUT2D eigenvalue weighted by molar-refractivity contribution is 0.553. The second-order valence-electron chi connectivity index (χ2n) is 19.2. The zero-order valence-corrected chi connectivity index (χ0v) is 42.7. The molecule has 2 heteroatoms. The zero-order valence-electron chi connectivity index (χ0n) is 41.0. The summed E-state index contributed by atoms with van der Waals surface area (Å²) in [7, 11) is 0.573. The van der Waals surface area contributed by atoms with Crippen LogP contribution in [0.25, 0.3) is 0 Å². The molecule has 0 rings (SSSR count). The van der Waals surface area contributed by atoms with E-state index >= 15 is 0 Å². The highest BCUT2D eigenvalue weighted by Gasteiger charge is 2.12. The summed E-state index contributed by atoms with van der Waals surface area (Å²) in [6, 6.07) is 0. The van der Waals surface area contributed by atoms with Gasteiger partial charge in [0, 0.05) is 0 Å². The second kappa shape index (κ2) is 53.0. The maximum Gasteiger partial charge on any atom is -0.0323 e. The first-order valence-corrected chi connectivity index (χ1v) is 31.5. The molecule has 0 unspecified atom stereocenters. The fourth-order valence-corrected chi connectivity index (χ4v) is 14.7. The Labute approximate surface area is 367 Å². The molecule has 0 amide bonds. The molecule has 0 saturated carbocycles. The summed E-state index contributed by atoms with van der Waals surface area (Å²) in [4.78, 5) is 0. The van der Waals surface area contributed by atoms with Crippen molar-refractivity contribution >= 4 is 15.8 Å². The predicted octanol–water partition coefficient (Wildman–Crippen LogP) is 21.6. The quantitative estimate of drug-likeness (QED) is 0.0423. The van der Waals surface area contributed by atoms with Crippen LogP contribution in [-0.4, -0.2) is 37.0 Å². The summed E-state index contributed by atoms with van der Waals surface area (Å²) >= 11 is 0. The van der Waals surface area contributed by atoms with Crippen molar-refractivity contribution in [2.45, 2.75) is 317 Å². The molecular formula is C55H114P2. The topological polar surface area (TPSA) is 0 Å². The molecule has 0 aliphatic carbocycles. The van der Waals surface area contributed by atoms with Crippen molar-refractivity contribution in [2.75, 3.05) is 37.0 Å². The lowest BCUT2D eigenvalue weighted by Crippen LogP contribution is -2.02. The molecule has 0 heterocycles. The van der Waals surface area contributed by atoms with Crippen LogP contribution in [0.5, 0.6) is 0 Å². The van der Waals surface area contributed by atoms with E-state index in [9.17, 15) is 0 Å². The molecule has 0 bridgehead atoms. The Morgan fingerprint density at radius 2 is 0.263 bits per heavy atom. The maximum absolute atomic E-state index is 2.34. The van der Waals surface area contributed by atoms with Crippen LogP contribution in [0.1, 0.15) is 317 Å². The molecule has 0 N–H and O–H groups in total. The van der Waals surface area contributed by atoms with Gasteiger partial charge in [0.15, 0.2) is 0 Å². The van der Waals surface area contributed by atoms with E-state index in [4.69, 9.17) is 0 Å². The van der Waals surface area contributed by atoms with Gasteiger partial charge in [0.1, 0.15) is 0 Å². The summed E-state index contributed by atoms with van der Waals surface area (Å²) in [5.74, 6) is 0. The van der Waals surface area contributed by atoms with Crippen LogP contribution in [0.15, 0.2) is 0 Å². The van der Waals surface area contributed by atoms with E-state index < -0.39 is 0 Å². The van der Waals surface area contributed by atoms with Gasteiger partial charge in [-0.15, -0.1) is 15.8 Å². The molecule has 0 spiro atoms. The molecule has 0 atom stereocenters. The van der Waals surface area contributed by atoms with Gasteiger partial charge >= 0.3 is 0 Å². The Morgan fingerprint density at radius 3 is 0.421 bits per heavy atom. The first-order valence-electron chi connectivity index (χ1n) is 27.7. The molecule has 0 saturated heterocycles. The van der Waals surface area contributed by atoms with Gasteiger partial charge in [0.25, 0.3) is 0 Å². The molecule has 0 aliphatic rings. The zero-order chi connectivity index (χ0) is 41.2. The van der Waals surface area contributed by atoms with Crippen molar-refractivity contribution in [2.24, 2.45) is 0 Å². The van der Waals surface area contributed by atoms with E-state index in [1.807, 2.05) is 0 Å². The van der Waals surface area contributed by atoms with E-state index in [0.29, 0.717) is 0 Å². The van der Waals surface area contributed by atoms with Gasteiger partial charge in [-0.3, -0.25) is 0 Å². The average molecular weight is 837 g/mol. The highest BCUT2D eigenvalue weighted by atomic mass is 31.1. The molecular weight excluding hydrogens is 723 g/mol. The number of hydrogen-bond donors (Lipinski definition) is 0. The minimum absolute atomic E-state index is 0.286. The standard InChI is InChI=1S/C55H114P2/c1-5-9-13-17-21-25-29-33-37-41-45-50-56(51-46-42-38-34-30-26-22-18-14-10-6-2)54-49-55-57(52-47-43-39-35-31-27-23-19-15-11-7-3)53-48-44-40-36-32-28-24-20-16-12-8-4/h5-55H2,1-4H3. The third-order valence-electron chi connectivity index (χ3n) is 13.3. The Morgan fingerprint density at radius 1 is 0.140 bits per heavy atom. The minimum Gasteiger partial charge on any atom is -0.107 e. The van der Waals surface area contributed by atoms with Crippen LogP contribution in [0.2, 0.25) is 0 Å². The van der Waals surface area contributed by atoms with Gasteiger partial charge in [0.2, 0.25) is 0 Å². The van der Waals surface area contributed by atoms with Gasteiger partial charge in [-0.25, -0.2) is 0 Å². The van der Waals surface area contributed by atoms with Gasteiger partial charge in [-0.05, 0) is 69.1 Å². The van der Waals surface area contributed by atoms with E-state index in [2.05, 4.69) is 27.7 Å². The largest absolute Gasteiger partial charge is 0.107 e. The van der Waals surface area contributed by atoms with Crippen molar-refractivity contribution in [3.05, 3.63) is 0 Å². The van der Waals surface area contributed by atoms with E-state index in [1.54, 1.807) is 69.1 Å². The molecule has 0 aliphatic heterocycles. The van der Waals surface area contributed by atoms with E-state index in [0.717, 1.165) is 0 Å². The molecule has 344 valence electrons. The first-order chi connectivity index (χ1) is 28.3. The minimum atomic E-state index is 0.286. The summed E-state index contributed by atoms with van der Waals surface area (Å²) < 4.78 is 0. The molecule has 0 nitrogen and oxygen atoms in total. The van der Waals surface area contributed by atoms with Crippen LogP contribution in [0.3, 0.4) is 0 Å². The van der Waals surface area contributed by atoms with Crippen LogP contribution in [-0.2, 0) is 0 Å². The fraction of sp³-hybridized carbons (Fsp3) is 1.00. The lowest BCUT2D eigenvalue weighted by Gasteiger charge is -2.22. The van der Waals surface area contributed by atoms with Gasteiger partial charge < -0.3 is 0 Å². The molecule has 0 fully saturated rings. The van der Waals surface area contributed by atoms with Crippen LogP contribution < -0.4 is 0 Å². The van der Waals surface area contributed by atoms with Crippen molar-refractivity contribution < 1.29 is 0 Å². The van der Waals surface area contributed by atoms with Crippen molar-refractivity contribution in [1.29, 1.82) is 0 Å². The Hall–Kier alpha value is 0.860. The normalized spacial score (nSPS) is 11.9. The van der Waals surface area contributed by atoms with Gasteiger partial charge in [-0.2, -0.15) is 0 Å². The monoisotopic (exact) mass is 837 g/mol. The van der Waals surface area contributed by atoms with Crippen molar-refractivity contribution in [3.8, 4) is 0 Å².